The third-order valence-electron chi connectivity index (χ3n) is 2.77. The van der Waals surface area contributed by atoms with Crippen LogP contribution in [0.5, 0.6) is 0 Å². The number of rotatable bonds is 1. The van der Waals surface area contributed by atoms with Crippen molar-refractivity contribution in [2.24, 2.45) is 7.05 Å². The van der Waals surface area contributed by atoms with E-state index in [2.05, 4.69) is 54.6 Å². The maximum absolute atomic E-state index is 4.02. The number of nitrogens with zero attached hydrogens (tertiary/aromatic N) is 5. The van der Waals surface area contributed by atoms with Gasteiger partial charge < -0.3 is 4.90 Å². The summed E-state index contributed by atoms with van der Waals surface area (Å²) in [6, 6.07) is 6.36. The standard InChI is InChI=1S/C10H10BrN5/c1-15-10(12-13-14-15)16-5-7-2-3-9(11)4-8(7)6-16/h2-4H,5-6H2,1H3. The smallest absolute Gasteiger partial charge is 0.245 e. The topological polar surface area (TPSA) is 46.8 Å². The Bertz CT molecular complexity index is 536. The predicted octanol–water partition coefficient (Wildman–Crippen LogP) is 1.49. The molecule has 0 saturated heterocycles. The lowest BCUT2D eigenvalue weighted by Crippen LogP contribution is -2.18. The molecule has 0 bridgehead atoms. The van der Waals surface area contributed by atoms with Crippen molar-refractivity contribution in [3.63, 3.8) is 0 Å². The van der Waals surface area contributed by atoms with Gasteiger partial charge in [0.1, 0.15) is 0 Å². The first-order valence-electron chi connectivity index (χ1n) is 4.98. The number of hydrogen-bond acceptors (Lipinski definition) is 4. The molecule has 0 aliphatic carbocycles. The van der Waals surface area contributed by atoms with E-state index in [1.807, 2.05) is 7.05 Å². The number of benzene rings is 1. The minimum atomic E-state index is 0.812. The molecule has 3 rings (SSSR count). The molecule has 5 nitrogen and oxygen atoms in total. The van der Waals surface area contributed by atoms with Crippen molar-refractivity contribution in [2.45, 2.75) is 13.1 Å². The molecule has 1 aromatic carbocycles. The second kappa shape index (κ2) is 3.55. The number of hydrogen-bond donors (Lipinski definition) is 0. The summed E-state index contributed by atoms with van der Waals surface area (Å²) in [6.45, 7) is 1.74. The monoisotopic (exact) mass is 279 g/mol. The summed E-state index contributed by atoms with van der Waals surface area (Å²) in [5.41, 5.74) is 2.67. The number of anilines is 1. The van der Waals surface area contributed by atoms with Crippen LogP contribution < -0.4 is 4.90 Å². The Morgan fingerprint density at radius 2 is 2.06 bits per heavy atom. The van der Waals surface area contributed by atoms with Gasteiger partial charge in [-0.25, -0.2) is 4.68 Å². The van der Waals surface area contributed by atoms with Gasteiger partial charge in [-0.3, -0.25) is 0 Å². The van der Waals surface area contributed by atoms with Gasteiger partial charge in [-0.05, 0) is 33.7 Å². The fourth-order valence-electron chi connectivity index (χ4n) is 2.00. The van der Waals surface area contributed by atoms with Crippen molar-refractivity contribution in [2.75, 3.05) is 4.90 Å². The molecule has 1 aliphatic rings. The summed E-state index contributed by atoms with van der Waals surface area (Å²) in [5.74, 6) is 0.812. The van der Waals surface area contributed by atoms with Gasteiger partial charge in [-0.15, -0.1) is 0 Å². The number of halogens is 1. The Kier molecular flexibility index (Phi) is 2.17. The zero-order chi connectivity index (χ0) is 11.1. The van der Waals surface area contributed by atoms with Crippen LogP contribution in [0.3, 0.4) is 0 Å². The minimum Gasteiger partial charge on any atom is -0.331 e. The lowest BCUT2D eigenvalue weighted by molar-refractivity contribution is 0.689. The molecular weight excluding hydrogens is 270 g/mol. The van der Waals surface area contributed by atoms with Crippen LogP contribution in [0.4, 0.5) is 5.95 Å². The van der Waals surface area contributed by atoms with Gasteiger partial charge in [-0.2, -0.15) is 0 Å². The zero-order valence-corrected chi connectivity index (χ0v) is 10.3. The Morgan fingerprint density at radius 1 is 1.25 bits per heavy atom. The molecule has 82 valence electrons. The van der Waals surface area contributed by atoms with Crippen molar-refractivity contribution in [3.05, 3.63) is 33.8 Å². The van der Waals surface area contributed by atoms with E-state index in [0.717, 1.165) is 23.5 Å². The first-order chi connectivity index (χ1) is 7.74. The largest absolute Gasteiger partial charge is 0.331 e. The molecule has 0 radical (unpaired) electrons. The van der Waals surface area contributed by atoms with Gasteiger partial charge in [0.25, 0.3) is 0 Å². The van der Waals surface area contributed by atoms with Crippen LogP contribution in [0, 0.1) is 0 Å². The lowest BCUT2D eigenvalue weighted by atomic mass is 10.1. The maximum atomic E-state index is 4.02. The molecule has 0 spiro atoms. The Labute approximate surface area is 101 Å². The Morgan fingerprint density at radius 3 is 2.81 bits per heavy atom. The van der Waals surface area contributed by atoms with Gasteiger partial charge in [-0.1, -0.05) is 27.1 Å². The average Bonchev–Trinajstić information content (AvgIpc) is 2.82. The molecule has 1 aliphatic heterocycles. The van der Waals surface area contributed by atoms with E-state index in [4.69, 9.17) is 0 Å². The van der Waals surface area contributed by atoms with E-state index in [9.17, 15) is 0 Å². The normalized spacial score (nSPS) is 14.2. The molecule has 16 heavy (non-hydrogen) atoms. The minimum absolute atomic E-state index is 0.812. The van der Waals surface area contributed by atoms with Gasteiger partial charge in [0.05, 0.1) is 0 Å². The van der Waals surface area contributed by atoms with Crippen molar-refractivity contribution >= 4 is 21.9 Å². The number of aromatic nitrogens is 4. The molecule has 2 aromatic rings. The van der Waals surface area contributed by atoms with E-state index < -0.39 is 0 Å². The summed E-state index contributed by atoms with van der Waals surface area (Å²) in [4.78, 5) is 2.16. The first-order valence-corrected chi connectivity index (χ1v) is 5.78. The molecule has 0 N–H and O–H groups in total. The van der Waals surface area contributed by atoms with E-state index in [1.54, 1.807) is 4.68 Å². The SMILES string of the molecule is Cn1nnnc1N1Cc2ccc(Br)cc2C1. The van der Waals surface area contributed by atoms with Gasteiger partial charge in [0.2, 0.25) is 5.95 Å². The van der Waals surface area contributed by atoms with Crippen LogP contribution in [-0.2, 0) is 20.1 Å². The summed E-state index contributed by atoms with van der Waals surface area (Å²) in [7, 11) is 1.86. The molecule has 6 heteroatoms. The van der Waals surface area contributed by atoms with Crippen LogP contribution in [0.25, 0.3) is 0 Å². The molecule has 1 aromatic heterocycles. The third kappa shape index (κ3) is 1.49. The van der Waals surface area contributed by atoms with Crippen LogP contribution >= 0.6 is 15.9 Å². The number of fused-ring (bicyclic) bond motifs is 1. The van der Waals surface area contributed by atoms with Crippen molar-refractivity contribution in [3.8, 4) is 0 Å². The van der Waals surface area contributed by atoms with E-state index in [1.165, 1.54) is 11.1 Å². The molecule has 0 amide bonds. The molecule has 0 fully saturated rings. The first kappa shape index (κ1) is 9.77. The molecule has 0 saturated carbocycles. The summed E-state index contributed by atoms with van der Waals surface area (Å²) < 4.78 is 2.81. The van der Waals surface area contributed by atoms with Crippen molar-refractivity contribution in [1.29, 1.82) is 0 Å². The second-order valence-corrected chi connectivity index (χ2v) is 4.79. The Hall–Kier alpha value is -1.43. The number of tetrazole rings is 1. The highest BCUT2D eigenvalue weighted by Crippen LogP contribution is 2.28. The molecule has 0 unspecified atom stereocenters. The van der Waals surface area contributed by atoms with E-state index in [0.29, 0.717) is 0 Å². The van der Waals surface area contributed by atoms with E-state index >= 15 is 0 Å². The predicted molar refractivity (Wildman–Crippen MR) is 62.8 cm³/mol. The fraction of sp³-hybridized carbons (Fsp3) is 0.300. The number of aryl methyl sites for hydroxylation is 1. The highest BCUT2D eigenvalue weighted by atomic mass is 79.9. The lowest BCUT2D eigenvalue weighted by Gasteiger charge is -2.13. The molecule has 2 heterocycles. The average molecular weight is 280 g/mol. The highest BCUT2D eigenvalue weighted by molar-refractivity contribution is 9.10. The second-order valence-electron chi connectivity index (χ2n) is 3.87. The van der Waals surface area contributed by atoms with Crippen LogP contribution in [0.15, 0.2) is 22.7 Å². The molecule has 0 atom stereocenters. The summed E-state index contributed by atoms with van der Waals surface area (Å²) in [5, 5.41) is 11.5. The maximum Gasteiger partial charge on any atom is 0.245 e. The van der Waals surface area contributed by atoms with Gasteiger partial charge in [0.15, 0.2) is 0 Å². The Balaban J connectivity index is 1.94. The van der Waals surface area contributed by atoms with Crippen LogP contribution in [-0.4, -0.2) is 20.2 Å². The van der Waals surface area contributed by atoms with Crippen LogP contribution in [0.2, 0.25) is 0 Å². The quantitative estimate of drug-likeness (QED) is 0.794. The van der Waals surface area contributed by atoms with Crippen LogP contribution in [0.1, 0.15) is 11.1 Å². The summed E-state index contributed by atoms with van der Waals surface area (Å²) >= 11 is 3.48. The summed E-state index contributed by atoms with van der Waals surface area (Å²) in [6.07, 6.45) is 0. The zero-order valence-electron chi connectivity index (χ0n) is 8.76. The fourth-order valence-corrected chi connectivity index (χ4v) is 2.41. The van der Waals surface area contributed by atoms with E-state index in [-0.39, 0.29) is 0 Å². The van der Waals surface area contributed by atoms with Crippen molar-refractivity contribution in [1.82, 2.24) is 20.2 Å². The highest BCUT2D eigenvalue weighted by Gasteiger charge is 2.22. The van der Waals surface area contributed by atoms with Gasteiger partial charge >= 0.3 is 0 Å². The molecular formula is C10H10BrN5. The third-order valence-corrected chi connectivity index (χ3v) is 3.26. The van der Waals surface area contributed by atoms with Crippen molar-refractivity contribution < 1.29 is 0 Å². The van der Waals surface area contributed by atoms with Gasteiger partial charge in [0, 0.05) is 24.6 Å².